The SMILES string of the molecule is COC(=O)c1cc(N(C)C(C)C)ccc1N. The monoisotopic (exact) mass is 222 g/mol. The first-order chi connectivity index (χ1) is 7.47. The van der Waals surface area contributed by atoms with Crippen molar-refractivity contribution in [3.8, 4) is 0 Å². The first-order valence-electron chi connectivity index (χ1n) is 5.18. The fraction of sp³-hybridized carbons (Fsp3) is 0.417. The van der Waals surface area contributed by atoms with Crippen LogP contribution in [0.2, 0.25) is 0 Å². The fourth-order valence-electron chi connectivity index (χ4n) is 1.35. The molecule has 0 aliphatic heterocycles. The third kappa shape index (κ3) is 2.45. The molecule has 1 aromatic carbocycles. The van der Waals surface area contributed by atoms with Crippen LogP contribution in [-0.2, 0) is 4.74 Å². The second-order valence-corrected chi connectivity index (χ2v) is 3.97. The molecule has 4 heteroatoms. The topological polar surface area (TPSA) is 55.6 Å². The number of methoxy groups -OCH3 is 1. The third-order valence-electron chi connectivity index (χ3n) is 2.62. The number of carbonyl (C=O) groups excluding carboxylic acids is 1. The Morgan fingerprint density at radius 2 is 2.06 bits per heavy atom. The molecule has 16 heavy (non-hydrogen) atoms. The normalized spacial score (nSPS) is 10.3. The van der Waals surface area contributed by atoms with E-state index < -0.39 is 5.97 Å². The summed E-state index contributed by atoms with van der Waals surface area (Å²) in [6.45, 7) is 4.16. The van der Waals surface area contributed by atoms with Crippen LogP contribution in [0, 0.1) is 0 Å². The second-order valence-electron chi connectivity index (χ2n) is 3.97. The Morgan fingerprint density at radius 3 is 2.56 bits per heavy atom. The molecule has 2 N–H and O–H groups in total. The molecule has 0 atom stereocenters. The molecule has 0 aliphatic rings. The highest BCUT2D eigenvalue weighted by Crippen LogP contribution is 2.22. The van der Waals surface area contributed by atoms with E-state index in [2.05, 4.69) is 23.5 Å². The smallest absolute Gasteiger partial charge is 0.340 e. The van der Waals surface area contributed by atoms with E-state index in [4.69, 9.17) is 5.73 Å². The largest absolute Gasteiger partial charge is 0.465 e. The number of rotatable bonds is 3. The predicted molar refractivity (Wildman–Crippen MR) is 65.7 cm³/mol. The number of benzene rings is 1. The lowest BCUT2D eigenvalue weighted by Crippen LogP contribution is -2.25. The molecule has 0 spiro atoms. The molecule has 0 bridgehead atoms. The summed E-state index contributed by atoms with van der Waals surface area (Å²) >= 11 is 0. The van der Waals surface area contributed by atoms with Crippen LogP contribution in [-0.4, -0.2) is 26.2 Å². The maximum atomic E-state index is 11.5. The van der Waals surface area contributed by atoms with E-state index in [1.165, 1.54) is 7.11 Å². The van der Waals surface area contributed by atoms with E-state index in [0.29, 0.717) is 17.3 Å². The summed E-state index contributed by atoms with van der Waals surface area (Å²) in [5.74, 6) is -0.406. The van der Waals surface area contributed by atoms with E-state index in [1.54, 1.807) is 12.1 Å². The van der Waals surface area contributed by atoms with E-state index >= 15 is 0 Å². The molecule has 88 valence electrons. The van der Waals surface area contributed by atoms with Crippen LogP contribution >= 0.6 is 0 Å². The average Bonchev–Trinajstić information content (AvgIpc) is 2.27. The van der Waals surface area contributed by atoms with Crippen LogP contribution in [0.15, 0.2) is 18.2 Å². The number of ether oxygens (including phenoxy) is 1. The van der Waals surface area contributed by atoms with Crippen molar-refractivity contribution in [3.63, 3.8) is 0 Å². The van der Waals surface area contributed by atoms with Crippen molar-refractivity contribution in [1.82, 2.24) is 0 Å². The molecule has 0 unspecified atom stereocenters. The molecule has 0 amide bonds. The summed E-state index contributed by atoms with van der Waals surface area (Å²) in [6, 6.07) is 5.72. The van der Waals surface area contributed by atoms with Crippen molar-refractivity contribution in [2.45, 2.75) is 19.9 Å². The standard InChI is InChI=1S/C12H18N2O2/c1-8(2)14(3)9-5-6-11(13)10(7-9)12(15)16-4/h5-8H,13H2,1-4H3. The van der Waals surface area contributed by atoms with Gasteiger partial charge in [-0.1, -0.05) is 0 Å². The summed E-state index contributed by atoms with van der Waals surface area (Å²) in [6.07, 6.45) is 0. The van der Waals surface area contributed by atoms with Crippen molar-refractivity contribution in [1.29, 1.82) is 0 Å². The lowest BCUT2D eigenvalue weighted by atomic mass is 10.1. The number of nitrogen functional groups attached to an aromatic ring is 1. The Kier molecular flexibility index (Phi) is 3.77. The highest BCUT2D eigenvalue weighted by atomic mass is 16.5. The summed E-state index contributed by atoms with van der Waals surface area (Å²) in [5, 5.41) is 0. The number of hydrogen-bond acceptors (Lipinski definition) is 4. The summed E-state index contributed by atoms with van der Waals surface area (Å²) in [5.41, 5.74) is 7.52. The number of esters is 1. The lowest BCUT2D eigenvalue weighted by Gasteiger charge is -2.24. The summed E-state index contributed by atoms with van der Waals surface area (Å²) < 4.78 is 4.67. The zero-order chi connectivity index (χ0) is 12.3. The Bertz CT molecular complexity index is 389. The predicted octanol–water partition coefficient (Wildman–Crippen LogP) is 1.90. The Balaban J connectivity index is 3.12. The van der Waals surface area contributed by atoms with Gasteiger partial charge in [-0.2, -0.15) is 0 Å². The molecule has 0 fully saturated rings. The van der Waals surface area contributed by atoms with Gasteiger partial charge in [0.25, 0.3) is 0 Å². The van der Waals surface area contributed by atoms with Crippen LogP contribution in [0.3, 0.4) is 0 Å². The zero-order valence-corrected chi connectivity index (χ0v) is 10.2. The molecular formula is C12H18N2O2. The molecule has 0 saturated heterocycles. The van der Waals surface area contributed by atoms with E-state index in [1.807, 2.05) is 13.1 Å². The lowest BCUT2D eigenvalue weighted by molar-refractivity contribution is 0.0602. The molecule has 1 rings (SSSR count). The molecular weight excluding hydrogens is 204 g/mol. The summed E-state index contributed by atoms with van der Waals surface area (Å²) in [7, 11) is 3.32. The Labute approximate surface area is 96.0 Å². The Morgan fingerprint density at radius 1 is 1.44 bits per heavy atom. The van der Waals surface area contributed by atoms with E-state index in [9.17, 15) is 4.79 Å². The van der Waals surface area contributed by atoms with E-state index in [-0.39, 0.29) is 0 Å². The average molecular weight is 222 g/mol. The molecule has 0 aliphatic carbocycles. The fourth-order valence-corrected chi connectivity index (χ4v) is 1.35. The maximum absolute atomic E-state index is 11.5. The van der Waals surface area contributed by atoms with Gasteiger partial charge in [-0.25, -0.2) is 4.79 Å². The van der Waals surface area contributed by atoms with Gasteiger partial charge < -0.3 is 15.4 Å². The number of hydrogen-bond donors (Lipinski definition) is 1. The number of carbonyl (C=O) groups is 1. The first kappa shape index (κ1) is 12.4. The molecule has 0 heterocycles. The maximum Gasteiger partial charge on any atom is 0.340 e. The van der Waals surface area contributed by atoms with Crippen molar-refractivity contribution in [2.24, 2.45) is 0 Å². The number of anilines is 2. The van der Waals surface area contributed by atoms with Crippen molar-refractivity contribution >= 4 is 17.3 Å². The molecule has 4 nitrogen and oxygen atoms in total. The number of nitrogens with two attached hydrogens (primary N) is 1. The molecule has 1 aromatic rings. The minimum atomic E-state index is -0.406. The van der Waals surface area contributed by atoms with Crippen LogP contribution in [0.5, 0.6) is 0 Å². The minimum Gasteiger partial charge on any atom is -0.465 e. The quantitative estimate of drug-likeness (QED) is 0.627. The van der Waals surface area contributed by atoms with Gasteiger partial charge in [0.2, 0.25) is 0 Å². The van der Waals surface area contributed by atoms with Crippen LogP contribution in [0.25, 0.3) is 0 Å². The van der Waals surface area contributed by atoms with Gasteiger partial charge in [0.1, 0.15) is 0 Å². The third-order valence-corrected chi connectivity index (χ3v) is 2.62. The summed E-state index contributed by atoms with van der Waals surface area (Å²) in [4.78, 5) is 13.5. The second kappa shape index (κ2) is 4.88. The first-order valence-corrected chi connectivity index (χ1v) is 5.18. The van der Waals surface area contributed by atoms with Gasteiger partial charge in [-0.3, -0.25) is 0 Å². The van der Waals surface area contributed by atoms with Gasteiger partial charge in [0.15, 0.2) is 0 Å². The molecule has 0 radical (unpaired) electrons. The van der Waals surface area contributed by atoms with Crippen LogP contribution < -0.4 is 10.6 Å². The van der Waals surface area contributed by atoms with E-state index in [0.717, 1.165) is 5.69 Å². The van der Waals surface area contributed by atoms with Crippen LogP contribution in [0.1, 0.15) is 24.2 Å². The van der Waals surface area contributed by atoms with Gasteiger partial charge in [-0.05, 0) is 32.0 Å². The van der Waals surface area contributed by atoms with Gasteiger partial charge in [0, 0.05) is 24.5 Å². The number of nitrogens with zero attached hydrogens (tertiary/aromatic N) is 1. The van der Waals surface area contributed by atoms with Crippen molar-refractivity contribution in [3.05, 3.63) is 23.8 Å². The molecule has 0 saturated carbocycles. The van der Waals surface area contributed by atoms with Gasteiger partial charge in [-0.15, -0.1) is 0 Å². The zero-order valence-electron chi connectivity index (χ0n) is 10.2. The highest BCUT2D eigenvalue weighted by Gasteiger charge is 2.13. The Hall–Kier alpha value is -1.71. The van der Waals surface area contributed by atoms with Gasteiger partial charge >= 0.3 is 5.97 Å². The minimum absolute atomic E-state index is 0.356. The van der Waals surface area contributed by atoms with Crippen LogP contribution in [0.4, 0.5) is 11.4 Å². The molecule has 0 aromatic heterocycles. The van der Waals surface area contributed by atoms with Crippen molar-refractivity contribution < 1.29 is 9.53 Å². The van der Waals surface area contributed by atoms with Crippen molar-refractivity contribution in [2.75, 3.05) is 24.8 Å². The highest BCUT2D eigenvalue weighted by molar-refractivity contribution is 5.96. The van der Waals surface area contributed by atoms with Gasteiger partial charge in [0.05, 0.1) is 12.7 Å².